The van der Waals surface area contributed by atoms with E-state index in [9.17, 15) is 9.90 Å². The zero-order chi connectivity index (χ0) is 24.1. The van der Waals surface area contributed by atoms with Gasteiger partial charge in [0.2, 0.25) is 5.88 Å². The second-order valence-electron chi connectivity index (χ2n) is 8.33. The van der Waals surface area contributed by atoms with Crippen molar-refractivity contribution in [3.63, 3.8) is 0 Å². The first kappa shape index (κ1) is 23.7. The van der Waals surface area contributed by atoms with Crippen LogP contribution in [-0.4, -0.2) is 22.2 Å². The van der Waals surface area contributed by atoms with Gasteiger partial charge in [0.05, 0.1) is 5.52 Å². The maximum atomic E-state index is 12.3. The Morgan fingerprint density at radius 2 is 1.79 bits per heavy atom. The number of benzene rings is 3. The monoisotopic (exact) mass is 519 g/mol. The van der Waals surface area contributed by atoms with E-state index in [4.69, 9.17) is 4.74 Å². The maximum Gasteiger partial charge on any atom is 0.302 e. The van der Waals surface area contributed by atoms with Gasteiger partial charge in [0, 0.05) is 16.4 Å². The van der Waals surface area contributed by atoms with Crippen LogP contribution in [0.1, 0.15) is 30.9 Å². The molecular formula is C27H26BrN3O3. The Hall–Kier alpha value is -3.45. The number of aromatic nitrogens is 1. The van der Waals surface area contributed by atoms with Gasteiger partial charge in [-0.1, -0.05) is 72.2 Å². The van der Waals surface area contributed by atoms with Gasteiger partial charge in [0.1, 0.15) is 5.75 Å². The summed E-state index contributed by atoms with van der Waals surface area (Å²) in [5, 5.41) is 19.5. The van der Waals surface area contributed by atoms with Gasteiger partial charge in [-0.3, -0.25) is 4.79 Å². The number of carbonyl (C=O) groups excluding carboxylic acids is 1. The molecular weight excluding hydrogens is 494 g/mol. The molecule has 174 valence electrons. The number of aromatic hydroxyl groups is 1. The predicted octanol–water partition coefficient (Wildman–Crippen LogP) is 7.16. The molecule has 4 rings (SSSR count). The number of nitrogens with zero attached hydrogens (tertiary/aromatic N) is 3. The summed E-state index contributed by atoms with van der Waals surface area (Å²) < 4.78 is 8.18. The summed E-state index contributed by atoms with van der Waals surface area (Å²) in [5.74, 6) is 0.461. The number of hydrogen-bond acceptors (Lipinski definition) is 4. The minimum absolute atomic E-state index is 0.0224. The molecule has 1 amide bonds. The van der Waals surface area contributed by atoms with E-state index in [1.807, 2.05) is 60.7 Å². The van der Waals surface area contributed by atoms with Crippen molar-refractivity contribution in [1.82, 2.24) is 4.57 Å². The van der Waals surface area contributed by atoms with Gasteiger partial charge in [-0.15, -0.1) is 10.2 Å². The number of halogens is 1. The van der Waals surface area contributed by atoms with Crippen molar-refractivity contribution in [2.24, 2.45) is 10.2 Å². The Morgan fingerprint density at radius 3 is 2.50 bits per heavy atom. The predicted molar refractivity (Wildman–Crippen MR) is 137 cm³/mol. The normalized spacial score (nSPS) is 11.5. The molecule has 0 bridgehead atoms. The van der Waals surface area contributed by atoms with E-state index in [1.165, 1.54) is 5.56 Å². The Morgan fingerprint density at radius 1 is 1.06 bits per heavy atom. The third-order valence-corrected chi connectivity index (χ3v) is 6.10. The summed E-state index contributed by atoms with van der Waals surface area (Å²) in [6.45, 7) is 4.56. The molecule has 0 saturated heterocycles. The van der Waals surface area contributed by atoms with E-state index in [0.29, 0.717) is 23.6 Å². The number of carbonyl (C=O) groups is 1. The number of hydrogen-bond donors (Lipinski definition) is 1. The molecule has 0 radical (unpaired) electrons. The van der Waals surface area contributed by atoms with Crippen LogP contribution in [0.15, 0.2) is 87.5 Å². The number of fused-ring (bicyclic) bond motifs is 1. The molecule has 1 aromatic heterocycles. The minimum Gasteiger partial charge on any atom is -0.493 e. The lowest BCUT2D eigenvalue weighted by Crippen LogP contribution is -2.07. The van der Waals surface area contributed by atoms with Crippen LogP contribution in [0.2, 0.25) is 0 Å². The highest BCUT2D eigenvalue weighted by Crippen LogP contribution is 2.40. The maximum absolute atomic E-state index is 12.3. The van der Waals surface area contributed by atoms with Crippen molar-refractivity contribution in [2.45, 2.75) is 32.7 Å². The fraction of sp³-hybridized carbons (Fsp3) is 0.222. The van der Waals surface area contributed by atoms with Gasteiger partial charge < -0.3 is 14.4 Å². The molecule has 0 unspecified atom stereocenters. The smallest absolute Gasteiger partial charge is 0.302 e. The first-order valence-electron chi connectivity index (χ1n) is 11.1. The highest BCUT2D eigenvalue weighted by atomic mass is 79.9. The van der Waals surface area contributed by atoms with Crippen LogP contribution in [0.25, 0.3) is 10.9 Å². The van der Waals surface area contributed by atoms with Crippen LogP contribution < -0.4 is 4.74 Å². The number of azo groups is 1. The fourth-order valence-electron chi connectivity index (χ4n) is 3.73. The SMILES string of the molecule is CC(C)c1ccc(OCC(=O)N=Nc2c(O)n(CCc3ccccc3)c3ccc(Br)cc23)cc1. The van der Waals surface area contributed by atoms with Gasteiger partial charge in [0.25, 0.3) is 0 Å². The van der Waals surface area contributed by atoms with Crippen molar-refractivity contribution in [3.05, 3.63) is 88.4 Å². The Kier molecular flexibility index (Phi) is 7.43. The van der Waals surface area contributed by atoms with Gasteiger partial charge >= 0.3 is 5.91 Å². The van der Waals surface area contributed by atoms with Crippen LogP contribution in [0.3, 0.4) is 0 Å². The first-order valence-corrected chi connectivity index (χ1v) is 11.9. The Labute approximate surface area is 207 Å². The molecule has 0 fully saturated rings. The third-order valence-electron chi connectivity index (χ3n) is 5.61. The highest BCUT2D eigenvalue weighted by molar-refractivity contribution is 9.10. The average Bonchev–Trinajstić information content (AvgIpc) is 3.10. The number of rotatable bonds is 8. The average molecular weight is 520 g/mol. The summed E-state index contributed by atoms with van der Waals surface area (Å²) in [6.07, 6.45) is 0.743. The van der Waals surface area contributed by atoms with E-state index < -0.39 is 5.91 Å². The quantitative estimate of drug-likeness (QED) is 0.251. The van der Waals surface area contributed by atoms with E-state index >= 15 is 0 Å². The molecule has 0 saturated carbocycles. The van der Waals surface area contributed by atoms with Gasteiger partial charge in [-0.25, -0.2) is 0 Å². The van der Waals surface area contributed by atoms with E-state index in [2.05, 4.69) is 52.1 Å². The molecule has 3 aromatic carbocycles. The summed E-state index contributed by atoms with van der Waals surface area (Å²) in [4.78, 5) is 12.3. The van der Waals surface area contributed by atoms with Crippen molar-refractivity contribution in [2.75, 3.05) is 6.61 Å². The van der Waals surface area contributed by atoms with E-state index in [0.717, 1.165) is 22.0 Å². The van der Waals surface area contributed by atoms with Crippen LogP contribution >= 0.6 is 15.9 Å². The second-order valence-corrected chi connectivity index (χ2v) is 9.24. The van der Waals surface area contributed by atoms with Crippen molar-refractivity contribution in [3.8, 4) is 11.6 Å². The Bertz CT molecular complexity index is 1310. The largest absolute Gasteiger partial charge is 0.493 e. The van der Waals surface area contributed by atoms with Gasteiger partial charge in [-0.05, 0) is 53.8 Å². The number of amides is 1. The van der Waals surface area contributed by atoms with Crippen molar-refractivity contribution in [1.29, 1.82) is 0 Å². The van der Waals surface area contributed by atoms with Gasteiger partial charge in [-0.2, -0.15) is 0 Å². The fourth-order valence-corrected chi connectivity index (χ4v) is 4.10. The molecule has 7 heteroatoms. The summed E-state index contributed by atoms with van der Waals surface area (Å²) in [5.41, 5.74) is 3.44. The standard InChI is InChI=1S/C27H26BrN3O3/c1-18(2)20-8-11-22(12-9-20)34-17-25(32)29-30-26-23-16-21(28)10-13-24(23)31(27(26)33)15-14-19-6-4-3-5-7-19/h3-13,16,18,33H,14-15,17H2,1-2H3. The van der Waals surface area contributed by atoms with E-state index in [-0.39, 0.29) is 18.2 Å². The molecule has 0 aliphatic heterocycles. The molecule has 6 nitrogen and oxygen atoms in total. The lowest BCUT2D eigenvalue weighted by molar-refractivity contribution is -0.120. The van der Waals surface area contributed by atoms with Crippen LogP contribution in [0.4, 0.5) is 5.69 Å². The molecule has 0 aliphatic rings. The lowest BCUT2D eigenvalue weighted by atomic mass is 10.0. The second kappa shape index (κ2) is 10.7. The zero-order valence-corrected chi connectivity index (χ0v) is 20.7. The summed E-state index contributed by atoms with van der Waals surface area (Å²) in [7, 11) is 0. The molecule has 0 atom stereocenters. The van der Waals surface area contributed by atoms with Crippen LogP contribution in [0, 0.1) is 0 Å². The molecule has 0 spiro atoms. The molecule has 1 heterocycles. The zero-order valence-electron chi connectivity index (χ0n) is 19.1. The number of aryl methyl sites for hydroxylation is 2. The molecule has 1 N–H and O–H groups in total. The summed E-state index contributed by atoms with van der Waals surface area (Å²) in [6, 6.07) is 23.4. The van der Waals surface area contributed by atoms with Crippen molar-refractivity contribution >= 4 is 38.4 Å². The first-order chi connectivity index (χ1) is 16.4. The number of ether oxygens (including phenoxy) is 1. The van der Waals surface area contributed by atoms with Crippen LogP contribution in [-0.2, 0) is 17.8 Å². The topological polar surface area (TPSA) is 76.2 Å². The third kappa shape index (κ3) is 5.54. The minimum atomic E-state index is -0.535. The van der Waals surface area contributed by atoms with Crippen molar-refractivity contribution < 1.29 is 14.6 Å². The van der Waals surface area contributed by atoms with Crippen LogP contribution in [0.5, 0.6) is 11.6 Å². The molecule has 0 aliphatic carbocycles. The molecule has 34 heavy (non-hydrogen) atoms. The lowest BCUT2D eigenvalue weighted by Gasteiger charge is -2.07. The van der Waals surface area contributed by atoms with Gasteiger partial charge in [0.15, 0.2) is 12.3 Å². The Balaban J connectivity index is 1.50. The van der Waals surface area contributed by atoms with E-state index in [1.54, 1.807) is 4.57 Å². The highest BCUT2D eigenvalue weighted by Gasteiger charge is 2.17. The summed E-state index contributed by atoms with van der Waals surface area (Å²) >= 11 is 3.47. The molecule has 4 aromatic rings.